The molecule has 0 amide bonds. The number of fused-ring (bicyclic) bond motifs is 2. The lowest BCUT2D eigenvalue weighted by atomic mass is 9.93. The van der Waals surface area contributed by atoms with Crippen LogP contribution >= 0.6 is 0 Å². The van der Waals surface area contributed by atoms with Crippen molar-refractivity contribution >= 4 is 21.8 Å². The third-order valence-electron chi connectivity index (χ3n) is 7.22. The van der Waals surface area contributed by atoms with E-state index in [2.05, 4.69) is 19.7 Å². The van der Waals surface area contributed by atoms with E-state index < -0.39 is 33.3 Å². The predicted molar refractivity (Wildman–Crippen MR) is 131 cm³/mol. The molecule has 2 aliphatic carbocycles. The second kappa shape index (κ2) is 9.02. The fraction of sp³-hybridized carbons (Fsp3) is 0.360. The molecule has 0 spiro atoms. The topological polar surface area (TPSA) is 137 Å². The van der Waals surface area contributed by atoms with E-state index in [1.165, 1.54) is 18.3 Å². The summed E-state index contributed by atoms with van der Waals surface area (Å²) in [4.78, 5) is 24.3. The van der Waals surface area contributed by atoms with Gasteiger partial charge in [-0.25, -0.2) is 27.9 Å². The zero-order chi connectivity index (χ0) is 27.3. The second-order valence-electron chi connectivity index (χ2n) is 9.83. The number of rotatable bonds is 6. The fourth-order valence-electron chi connectivity index (χ4n) is 5.32. The first-order valence-corrected chi connectivity index (χ1v) is 13.3. The van der Waals surface area contributed by atoms with Gasteiger partial charge in [0.1, 0.15) is 17.1 Å². The summed E-state index contributed by atoms with van der Waals surface area (Å²) in [5.41, 5.74) is 6.54. The van der Waals surface area contributed by atoms with Gasteiger partial charge < -0.3 is 10.5 Å². The number of carbonyl (C=O) groups excluding carboxylic acids is 1. The van der Waals surface area contributed by atoms with Crippen LogP contribution in [0.15, 0.2) is 53.8 Å². The maximum absolute atomic E-state index is 13.4. The number of nitrogens with two attached hydrogens (primary N) is 1. The molecule has 5 rings (SSSR count). The highest BCUT2D eigenvalue weighted by molar-refractivity contribution is 7.89. The molecular weight excluding hydrogens is 523 g/mol. The van der Waals surface area contributed by atoms with E-state index in [0.717, 1.165) is 5.56 Å². The number of nitrogens with zero attached hydrogens (tertiary/aromatic N) is 3. The SMILES string of the molecule is Cc1ccc(S(=O)(=O)NC23CCC(OC(=O)C(F)(F)F)(CC2)C3)cc1-c1cnc(N)c(-c2ccncc2)n1. The summed E-state index contributed by atoms with van der Waals surface area (Å²) in [6.45, 7) is 1.80. The maximum atomic E-state index is 13.4. The lowest BCUT2D eigenvalue weighted by molar-refractivity contribution is -0.213. The van der Waals surface area contributed by atoms with Gasteiger partial charge in [0.2, 0.25) is 10.0 Å². The smallest absolute Gasteiger partial charge is 0.452 e. The van der Waals surface area contributed by atoms with Gasteiger partial charge in [-0.1, -0.05) is 6.07 Å². The Balaban J connectivity index is 1.42. The van der Waals surface area contributed by atoms with Crippen molar-refractivity contribution in [3.8, 4) is 22.5 Å². The number of aromatic nitrogens is 3. The molecule has 3 aromatic rings. The summed E-state index contributed by atoms with van der Waals surface area (Å²) in [6.07, 6.45) is 0.340. The molecule has 200 valence electrons. The Morgan fingerprint density at radius 3 is 2.45 bits per heavy atom. The zero-order valence-electron chi connectivity index (χ0n) is 20.2. The van der Waals surface area contributed by atoms with Gasteiger partial charge in [-0.05, 0) is 62.4 Å². The fourth-order valence-corrected chi connectivity index (χ4v) is 6.81. The normalized spacial score (nSPS) is 22.9. The van der Waals surface area contributed by atoms with Crippen molar-refractivity contribution in [3.05, 3.63) is 54.5 Å². The minimum Gasteiger partial charge on any atom is -0.452 e. The van der Waals surface area contributed by atoms with Crippen molar-refractivity contribution < 1.29 is 31.1 Å². The van der Waals surface area contributed by atoms with Crippen LogP contribution in [0.2, 0.25) is 0 Å². The molecule has 0 atom stereocenters. The van der Waals surface area contributed by atoms with Crippen molar-refractivity contribution in [2.75, 3.05) is 5.73 Å². The standard InChI is InChI=1S/C25H24F3N5O4S/c1-15-2-3-17(12-18(15)19-13-31-21(29)20(32-19)16-4-10-30-11-5-16)38(35,36)33-23-6-8-24(14-23,9-7-23)37-22(34)25(26,27)28/h2-5,10-13,33H,6-9,14H2,1H3,(H2,29,31). The molecule has 0 saturated heterocycles. The average Bonchev–Trinajstić information content (AvgIpc) is 3.39. The first-order chi connectivity index (χ1) is 17.8. The van der Waals surface area contributed by atoms with Crippen molar-refractivity contribution in [2.45, 2.75) is 61.2 Å². The largest absolute Gasteiger partial charge is 0.490 e. The van der Waals surface area contributed by atoms with Crippen molar-refractivity contribution in [2.24, 2.45) is 0 Å². The van der Waals surface area contributed by atoms with Gasteiger partial charge in [0.15, 0.2) is 0 Å². The van der Waals surface area contributed by atoms with Gasteiger partial charge in [-0.15, -0.1) is 0 Å². The lowest BCUT2D eigenvalue weighted by Crippen LogP contribution is -2.44. The Hall–Kier alpha value is -3.58. The molecule has 2 saturated carbocycles. The second-order valence-corrected chi connectivity index (χ2v) is 11.5. The van der Waals surface area contributed by atoms with Crippen molar-refractivity contribution in [3.63, 3.8) is 0 Å². The van der Waals surface area contributed by atoms with E-state index in [-0.39, 0.29) is 42.8 Å². The van der Waals surface area contributed by atoms with E-state index in [4.69, 9.17) is 10.5 Å². The van der Waals surface area contributed by atoms with Crippen LogP contribution in [0.4, 0.5) is 19.0 Å². The van der Waals surface area contributed by atoms with Gasteiger partial charge in [0, 0.05) is 35.5 Å². The number of hydrogen-bond donors (Lipinski definition) is 2. The van der Waals surface area contributed by atoms with E-state index >= 15 is 0 Å². The predicted octanol–water partition coefficient (Wildman–Crippen LogP) is 3.94. The molecule has 0 aliphatic heterocycles. The number of pyridine rings is 1. The van der Waals surface area contributed by atoms with Crippen LogP contribution in [0.25, 0.3) is 22.5 Å². The van der Waals surface area contributed by atoms with Crippen LogP contribution in [0.3, 0.4) is 0 Å². The van der Waals surface area contributed by atoms with Crippen LogP contribution in [0.1, 0.15) is 37.7 Å². The number of hydrogen-bond acceptors (Lipinski definition) is 8. The monoisotopic (exact) mass is 547 g/mol. The highest BCUT2D eigenvalue weighted by Crippen LogP contribution is 2.53. The van der Waals surface area contributed by atoms with E-state index in [9.17, 15) is 26.4 Å². The van der Waals surface area contributed by atoms with E-state index in [0.29, 0.717) is 22.5 Å². The number of nitrogen functional groups attached to an aromatic ring is 1. The summed E-state index contributed by atoms with van der Waals surface area (Å²) >= 11 is 0. The lowest BCUT2D eigenvalue weighted by Gasteiger charge is -2.28. The van der Waals surface area contributed by atoms with Gasteiger partial charge >= 0.3 is 12.1 Å². The number of alkyl halides is 3. The van der Waals surface area contributed by atoms with Crippen LogP contribution in [0, 0.1) is 6.92 Å². The molecule has 2 aliphatic rings. The Kier molecular flexibility index (Phi) is 6.18. The average molecular weight is 548 g/mol. The Morgan fingerprint density at radius 1 is 1.11 bits per heavy atom. The minimum atomic E-state index is -5.11. The maximum Gasteiger partial charge on any atom is 0.490 e. The Morgan fingerprint density at radius 2 is 1.79 bits per heavy atom. The molecule has 38 heavy (non-hydrogen) atoms. The Labute approximate surface area is 216 Å². The first kappa shape index (κ1) is 26.0. The molecule has 2 aromatic heterocycles. The highest BCUT2D eigenvalue weighted by atomic mass is 32.2. The van der Waals surface area contributed by atoms with E-state index in [1.54, 1.807) is 37.5 Å². The molecule has 2 heterocycles. The number of nitrogens with one attached hydrogen (secondary N) is 1. The molecule has 0 radical (unpaired) electrons. The number of anilines is 1. The van der Waals surface area contributed by atoms with Gasteiger partial charge in [-0.3, -0.25) is 4.98 Å². The van der Waals surface area contributed by atoms with Crippen LogP contribution in [0.5, 0.6) is 0 Å². The number of benzene rings is 1. The molecule has 2 bridgehead atoms. The molecule has 13 heteroatoms. The summed E-state index contributed by atoms with van der Waals surface area (Å²) in [7, 11) is -4.08. The van der Waals surface area contributed by atoms with E-state index in [1.807, 2.05) is 0 Å². The molecular formula is C25H24F3N5O4S. The highest BCUT2D eigenvalue weighted by Gasteiger charge is 2.60. The van der Waals surface area contributed by atoms with Crippen LogP contribution in [-0.2, 0) is 19.6 Å². The summed E-state index contributed by atoms with van der Waals surface area (Å²) in [6, 6.07) is 8.04. The molecule has 9 nitrogen and oxygen atoms in total. The molecule has 3 N–H and O–H groups in total. The number of sulfonamides is 1. The summed E-state index contributed by atoms with van der Waals surface area (Å²) in [5, 5.41) is 0. The number of aryl methyl sites for hydroxylation is 1. The zero-order valence-corrected chi connectivity index (χ0v) is 21.1. The number of ether oxygens (including phenoxy) is 1. The van der Waals surface area contributed by atoms with Crippen LogP contribution in [-0.4, -0.2) is 46.7 Å². The van der Waals surface area contributed by atoms with Gasteiger partial charge in [-0.2, -0.15) is 13.2 Å². The third-order valence-corrected chi connectivity index (χ3v) is 8.80. The molecule has 2 fully saturated rings. The quantitative estimate of drug-likeness (QED) is 0.443. The number of esters is 1. The third kappa shape index (κ3) is 4.83. The van der Waals surface area contributed by atoms with Gasteiger partial charge in [0.05, 0.1) is 16.8 Å². The first-order valence-electron chi connectivity index (χ1n) is 11.8. The van der Waals surface area contributed by atoms with Crippen molar-refractivity contribution in [1.82, 2.24) is 19.7 Å². The van der Waals surface area contributed by atoms with Crippen LogP contribution < -0.4 is 10.5 Å². The molecule has 1 aromatic carbocycles. The summed E-state index contributed by atoms with van der Waals surface area (Å²) in [5.74, 6) is -2.05. The molecule has 0 unspecified atom stereocenters. The Bertz CT molecular complexity index is 1510. The minimum absolute atomic E-state index is 0.0154. The summed E-state index contributed by atoms with van der Waals surface area (Å²) < 4.78 is 72.7. The van der Waals surface area contributed by atoms with Gasteiger partial charge in [0.25, 0.3) is 0 Å². The number of carbonyl (C=O) groups is 1. The van der Waals surface area contributed by atoms with Crippen molar-refractivity contribution in [1.29, 1.82) is 0 Å². The number of halogens is 3.